The molecule has 146 valence electrons. The second-order valence-electron chi connectivity index (χ2n) is 5.62. The van der Waals surface area contributed by atoms with E-state index in [4.69, 9.17) is 16.3 Å². The van der Waals surface area contributed by atoms with Crippen LogP contribution in [0.1, 0.15) is 18.1 Å². The van der Waals surface area contributed by atoms with Gasteiger partial charge in [-0.15, -0.1) is 6.58 Å². The summed E-state index contributed by atoms with van der Waals surface area (Å²) in [6, 6.07) is 9.68. The lowest BCUT2D eigenvalue weighted by molar-refractivity contribution is -0.136. The molecule has 0 heterocycles. The topological polar surface area (TPSA) is 100 Å². The first kappa shape index (κ1) is 21.0. The summed E-state index contributed by atoms with van der Waals surface area (Å²) in [6.07, 6.45) is 3.43. The minimum Gasteiger partial charge on any atom is -0.504 e. The molecule has 0 saturated carbocycles. The average Bonchev–Trinajstić information content (AvgIpc) is 2.65. The number of phenols is 1. The number of anilines is 1. The number of carbonyl (C=O) groups is 2. The maximum absolute atomic E-state index is 11.9. The van der Waals surface area contributed by atoms with Crippen molar-refractivity contribution in [2.45, 2.75) is 13.3 Å². The van der Waals surface area contributed by atoms with Crippen LogP contribution in [0.3, 0.4) is 0 Å². The van der Waals surface area contributed by atoms with Crippen molar-refractivity contribution in [1.82, 2.24) is 5.43 Å². The molecule has 0 aliphatic carbocycles. The van der Waals surface area contributed by atoms with Gasteiger partial charge in [0.25, 0.3) is 0 Å². The van der Waals surface area contributed by atoms with E-state index < -0.39 is 11.8 Å². The summed E-state index contributed by atoms with van der Waals surface area (Å²) in [5, 5.41) is 16.8. The van der Waals surface area contributed by atoms with Gasteiger partial charge in [-0.3, -0.25) is 9.59 Å². The monoisotopic (exact) mass is 401 g/mol. The van der Waals surface area contributed by atoms with Gasteiger partial charge in [0, 0.05) is 16.3 Å². The Bertz CT molecular complexity index is 912. The normalized spacial score (nSPS) is 10.5. The Hall–Kier alpha value is -3.32. The number of benzene rings is 2. The van der Waals surface area contributed by atoms with Crippen LogP contribution in [-0.2, 0) is 16.0 Å². The molecule has 0 spiro atoms. The number of phenolic OH excluding ortho intramolecular Hbond substituents is 1. The SMILES string of the molecule is C=CCc1cc(/C=N/NC(=O)C(=O)Nc2cccc(Cl)c2)cc(OCC)c1O. The van der Waals surface area contributed by atoms with Crippen LogP contribution in [0.4, 0.5) is 5.69 Å². The number of ether oxygens (including phenoxy) is 1. The minimum absolute atomic E-state index is 0.0313. The van der Waals surface area contributed by atoms with E-state index in [1.165, 1.54) is 12.3 Å². The Morgan fingerprint density at radius 2 is 2.07 bits per heavy atom. The second-order valence-corrected chi connectivity index (χ2v) is 6.05. The Morgan fingerprint density at radius 3 is 2.75 bits per heavy atom. The van der Waals surface area contributed by atoms with E-state index in [-0.39, 0.29) is 5.75 Å². The van der Waals surface area contributed by atoms with Crippen LogP contribution >= 0.6 is 11.6 Å². The number of hydrogen-bond acceptors (Lipinski definition) is 5. The number of halogens is 1. The smallest absolute Gasteiger partial charge is 0.329 e. The number of nitrogens with zero attached hydrogens (tertiary/aromatic N) is 1. The van der Waals surface area contributed by atoms with E-state index in [0.717, 1.165) is 0 Å². The third-order valence-electron chi connectivity index (χ3n) is 3.51. The summed E-state index contributed by atoms with van der Waals surface area (Å²) in [7, 11) is 0. The Morgan fingerprint density at radius 1 is 1.29 bits per heavy atom. The minimum atomic E-state index is -0.939. The van der Waals surface area contributed by atoms with Gasteiger partial charge in [-0.05, 0) is 49.2 Å². The molecule has 8 heteroatoms. The van der Waals surface area contributed by atoms with E-state index in [0.29, 0.717) is 40.6 Å². The quantitative estimate of drug-likeness (QED) is 0.287. The summed E-state index contributed by atoms with van der Waals surface area (Å²) in [4.78, 5) is 23.8. The van der Waals surface area contributed by atoms with Crippen LogP contribution in [0, 0.1) is 0 Å². The fourth-order valence-electron chi connectivity index (χ4n) is 2.31. The Kier molecular flexibility index (Phi) is 7.59. The highest BCUT2D eigenvalue weighted by Gasteiger charge is 2.13. The van der Waals surface area contributed by atoms with E-state index in [1.807, 2.05) is 0 Å². The molecule has 2 aromatic rings. The molecule has 0 atom stereocenters. The van der Waals surface area contributed by atoms with Crippen LogP contribution in [-0.4, -0.2) is 29.7 Å². The molecule has 2 aromatic carbocycles. The van der Waals surface area contributed by atoms with E-state index in [2.05, 4.69) is 22.4 Å². The molecule has 0 unspecified atom stereocenters. The van der Waals surface area contributed by atoms with Crippen molar-refractivity contribution in [3.8, 4) is 11.5 Å². The predicted molar refractivity (Wildman–Crippen MR) is 109 cm³/mol. The van der Waals surface area contributed by atoms with Crippen molar-refractivity contribution in [2.75, 3.05) is 11.9 Å². The number of carbonyl (C=O) groups excluding carboxylic acids is 2. The molecular weight excluding hydrogens is 382 g/mol. The van der Waals surface area contributed by atoms with Gasteiger partial charge in [-0.2, -0.15) is 5.10 Å². The van der Waals surface area contributed by atoms with Gasteiger partial charge in [0.1, 0.15) is 0 Å². The highest BCUT2D eigenvalue weighted by Crippen LogP contribution is 2.31. The van der Waals surface area contributed by atoms with Crippen molar-refractivity contribution in [2.24, 2.45) is 5.10 Å². The van der Waals surface area contributed by atoms with E-state index in [9.17, 15) is 14.7 Å². The molecule has 3 N–H and O–H groups in total. The lowest BCUT2D eigenvalue weighted by atomic mass is 10.1. The molecule has 0 aliphatic heterocycles. The van der Waals surface area contributed by atoms with Crippen LogP contribution in [0.25, 0.3) is 0 Å². The molecule has 0 aromatic heterocycles. The number of amides is 2. The highest BCUT2D eigenvalue weighted by atomic mass is 35.5. The first-order chi connectivity index (χ1) is 13.4. The third kappa shape index (κ3) is 5.85. The lowest BCUT2D eigenvalue weighted by Crippen LogP contribution is -2.32. The van der Waals surface area contributed by atoms with Crippen molar-refractivity contribution in [3.63, 3.8) is 0 Å². The van der Waals surface area contributed by atoms with Gasteiger partial charge in [0.2, 0.25) is 0 Å². The maximum Gasteiger partial charge on any atom is 0.329 e. The Balaban J connectivity index is 2.05. The number of nitrogens with one attached hydrogen (secondary N) is 2. The molecule has 28 heavy (non-hydrogen) atoms. The number of allylic oxidation sites excluding steroid dienone is 1. The lowest BCUT2D eigenvalue weighted by Gasteiger charge is -2.10. The first-order valence-corrected chi connectivity index (χ1v) is 8.82. The molecule has 7 nitrogen and oxygen atoms in total. The maximum atomic E-state index is 11.9. The van der Waals surface area contributed by atoms with Crippen LogP contribution in [0.5, 0.6) is 11.5 Å². The predicted octanol–water partition coefficient (Wildman–Crippen LogP) is 3.26. The van der Waals surface area contributed by atoms with E-state index >= 15 is 0 Å². The van der Waals surface area contributed by atoms with E-state index in [1.54, 1.807) is 43.3 Å². The molecule has 0 radical (unpaired) electrons. The summed E-state index contributed by atoms with van der Waals surface area (Å²) in [5.74, 6) is -1.49. The summed E-state index contributed by atoms with van der Waals surface area (Å²) < 4.78 is 5.40. The fraction of sp³-hybridized carbons (Fsp3) is 0.150. The molecule has 0 fully saturated rings. The van der Waals surface area contributed by atoms with Crippen LogP contribution < -0.4 is 15.5 Å². The van der Waals surface area contributed by atoms with Crippen molar-refractivity contribution >= 4 is 35.3 Å². The number of hydrazone groups is 1. The van der Waals surface area contributed by atoms with Gasteiger partial charge in [-0.1, -0.05) is 23.7 Å². The molecule has 0 bridgehead atoms. The summed E-state index contributed by atoms with van der Waals surface area (Å²) in [6.45, 7) is 5.83. The third-order valence-corrected chi connectivity index (χ3v) is 3.74. The second kappa shape index (κ2) is 10.1. The first-order valence-electron chi connectivity index (χ1n) is 8.44. The van der Waals surface area contributed by atoms with Crippen molar-refractivity contribution < 1.29 is 19.4 Å². The zero-order valence-electron chi connectivity index (χ0n) is 15.2. The number of hydrogen-bond donors (Lipinski definition) is 3. The molecule has 0 aliphatic rings. The molecule has 2 amide bonds. The average molecular weight is 402 g/mol. The zero-order valence-corrected chi connectivity index (χ0v) is 16.0. The zero-order chi connectivity index (χ0) is 20.5. The fourth-order valence-corrected chi connectivity index (χ4v) is 2.50. The number of aromatic hydroxyl groups is 1. The van der Waals surface area contributed by atoms with Gasteiger partial charge in [0.05, 0.1) is 12.8 Å². The van der Waals surface area contributed by atoms with Gasteiger partial charge >= 0.3 is 11.8 Å². The summed E-state index contributed by atoms with van der Waals surface area (Å²) in [5.41, 5.74) is 3.72. The highest BCUT2D eigenvalue weighted by molar-refractivity contribution is 6.39. The Labute approximate surface area is 167 Å². The molecule has 2 rings (SSSR count). The molecular formula is C20H20ClN3O4. The van der Waals surface area contributed by atoms with Gasteiger partial charge < -0.3 is 15.2 Å². The van der Waals surface area contributed by atoms with Crippen LogP contribution in [0.15, 0.2) is 54.2 Å². The standard InChI is InChI=1S/C20H20ClN3O4/c1-3-6-14-9-13(10-17(18(14)25)28-4-2)12-22-24-20(27)19(26)23-16-8-5-7-15(21)11-16/h3,5,7-12,25H,1,4,6H2,2H3,(H,23,26)(H,24,27)/b22-12+. The largest absolute Gasteiger partial charge is 0.504 e. The van der Waals surface area contributed by atoms with Crippen LogP contribution in [0.2, 0.25) is 5.02 Å². The summed E-state index contributed by atoms with van der Waals surface area (Å²) >= 11 is 5.83. The molecule has 0 saturated heterocycles. The van der Waals surface area contributed by atoms with Gasteiger partial charge in [0.15, 0.2) is 11.5 Å². The van der Waals surface area contributed by atoms with Crippen molar-refractivity contribution in [1.29, 1.82) is 0 Å². The van der Waals surface area contributed by atoms with Crippen molar-refractivity contribution in [3.05, 3.63) is 65.2 Å². The number of rotatable bonds is 7. The van der Waals surface area contributed by atoms with Gasteiger partial charge in [-0.25, -0.2) is 5.43 Å².